The third-order valence-electron chi connectivity index (χ3n) is 6.48. The first-order valence-electron chi connectivity index (χ1n) is 13.1. The fourth-order valence-corrected chi connectivity index (χ4v) is 4.55. The molecule has 4 rings (SSSR count). The number of halogens is 8. The van der Waals surface area contributed by atoms with Crippen molar-refractivity contribution in [2.45, 2.75) is 44.4 Å². The lowest BCUT2D eigenvalue weighted by Gasteiger charge is -2.37. The maximum atomic E-state index is 15.1. The number of hydrogen-bond acceptors (Lipinski definition) is 3. The van der Waals surface area contributed by atoms with Gasteiger partial charge >= 0.3 is 12.5 Å². The quantitative estimate of drug-likeness (QED) is 0.172. The van der Waals surface area contributed by atoms with E-state index in [1.54, 1.807) is 44.2 Å². The van der Waals surface area contributed by atoms with Gasteiger partial charge in [0, 0.05) is 18.1 Å². The Morgan fingerprint density at radius 3 is 2.11 bits per heavy atom. The van der Waals surface area contributed by atoms with Crippen molar-refractivity contribution in [1.29, 1.82) is 0 Å². The molecule has 4 nitrogen and oxygen atoms in total. The molecular weight excluding hydrogens is 598 g/mol. The van der Waals surface area contributed by atoms with Gasteiger partial charge in [-0.15, -0.1) is 0 Å². The summed E-state index contributed by atoms with van der Waals surface area (Å²) in [5.74, 6) is -6.92. The molecule has 0 aromatic heterocycles. The van der Waals surface area contributed by atoms with E-state index in [2.05, 4.69) is 10.1 Å². The average Bonchev–Trinajstić information content (AvgIpc) is 2.95. The third kappa shape index (κ3) is 7.29. The van der Waals surface area contributed by atoms with Crippen molar-refractivity contribution in [3.63, 3.8) is 0 Å². The van der Waals surface area contributed by atoms with Gasteiger partial charge in [-0.25, -0.2) is 17.6 Å². The molecule has 1 N–H and O–H groups in total. The normalized spacial score (nSPS) is 13.1. The summed E-state index contributed by atoms with van der Waals surface area (Å²) in [5, 5.41) is 2.65. The van der Waals surface area contributed by atoms with E-state index in [9.17, 15) is 35.5 Å². The molecule has 12 heteroatoms. The third-order valence-corrected chi connectivity index (χ3v) is 6.48. The molecule has 4 aromatic carbocycles. The Kier molecular flexibility index (Phi) is 9.50. The molecule has 0 saturated carbocycles. The van der Waals surface area contributed by atoms with Gasteiger partial charge in [0.2, 0.25) is 0 Å². The Labute approximate surface area is 247 Å². The summed E-state index contributed by atoms with van der Waals surface area (Å²) in [4.78, 5) is 13.6. The summed E-state index contributed by atoms with van der Waals surface area (Å²) < 4.78 is 121. The number of alkyl halides is 4. The summed E-state index contributed by atoms with van der Waals surface area (Å²) in [5.41, 5.74) is -2.14. The van der Waals surface area contributed by atoms with Crippen LogP contribution in [0, 0.1) is 23.3 Å². The fraction of sp³-hybridized carbons (Fsp3) is 0.219. The molecule has 0 heterocycles. The van der Waals surface area contributed by atoms with Crippen LogP contribution in [0.25, 0.3) is 0 Å². The Bertz CT molecular complexity index is 1630. The highest BCUT2D eigenvalue weighted by Crippen LogP contribution is 2.39. The number of ether oxygens (including phenoxy) is 2. The van der Waals surface area contributed by atoms with Crippen LogP contribution in [0.1, 0.15) is 40.9 Å². The van der Waals surface area contributed by atoms with Crippen molar-refractivity contribution >= 4 is 5.91 Å². The largest absolute Gasteiger partial charge is 0.488 e. The summed E-state index contributed by atoms with van der Waals surface area (Å²) in [7, 11) is 0. The van der Waals surface area contributed by atoms with Crippen LogP contribution in [0.5, 0.6) is 11.5 Å². The fourth-order valence-electron chi connectivity index (χ4n) is 4.55. The highest BCUT2D eigenvalue weighted by Gasteiger charge is 2.45. The van der Waals surface area contributed by atoms with Crippen LogP contribution >= 0.6 is 0 Å². The first-order valence-corrected chi connectivity index (χ1v) is 13.1. The molecule has 0 fully saturated rings. The zero-order valence-corrected chi connectivity index (χ0v) is 23.2. The minimum Gasteiger partial charge on any atom is -0.488 e. The molecule has 1 unspecified atom stereocenters. The van der Waals surface area contributed by atoms with Gasteiger partial charge in [-0.2, -0.15) is 17.6 Å². The lowest BCUT2D eigenvalue weighted by molar-refractivity contribution is -0.253. The molecule has 0 saturated heterocycles. The first-order chi connectivity index (χ1) is 20.7. The predicted molar refractivity (Wildman–Crippen MR) is 145 cm³/mol. The zero-order chi connectivity index (χ0) is 32.2. The molecular formula is C32H25F8NO3. The van der Waals surface area contributed by atoms with Crippen LogP contribution in [-0.2, 0) is 12.0 Å². The topological polar surface area (TPSA) is 47.6 Å². The number of amides is 1. The zero-order valence-electron chi connectivity index (χ0n) is 23.2. The number of carbonyl (C=O) groups excluding carboxylic acids is 1. The number of hydrogen-bond donors (Lipinski definition) is 1. The standard InChI is InChI=1S/C32H25F8NO3/c1-18(2)43-28-15-21(9-11-26(28)35)31(17-19-6-4-3-5-7-19,41-29(42)20-8-10-25(34)27(36)12-20)22-13-23(33)16-24(14-22)44-32(39,40)30(37)38/h3-16,18,30H,17H2,1-2H3,(H,41,42). The van der Waals surface area contributed by atoms with E-state index in [1.807, 2.05) is 0 Å². The molecule has 1 atom stereocenters. The van der Waals surface area contributed by atoms with E-state index < -0.39 is 59.1 Å². The number of carbonyl (C=O) groups is 1. The molecule has 44 heavy (non-hydrogen) atoms. The maximum absolute atomic E-state index is 15.1. The smallest absolute Gasteiger partial charge is 0.461 e. The van der Waals surface area contributed by atoms with Gasteiger partial charge in [-0.1, -0.05) is 36.4 Å². The lowest BCUT2D eigenvalue weighted by atomic mass is 9.77. The Hall–Kier alpha value is -4.61. The molecule has 0 radical (unpaired) electrons. The second-order valence-electron chi connectivity index (χ2n) is 10.1. The van der Waals surface area contributed by atoms with Crippen molar-refractivity contribution in [1.82, 2.24) is 5.32 Å². The predicted octanol–water partition coefficient (Wildman–Crippen LogP) is 8.18. The van der Waals surface area contributed by atoms with Crippen LogP contribution in [0.15, 0.2) is 84.9 Å². The summed E-state index contributed by atoms with van der Waals surface area (Å²) in [6.45, 7) is 3.24. The van der Waals surface area contributed by atoms with Gasteiger partial charge in [0.1, 0.15) is 11.6 Å². The molecule has 0 aliphatic heterocycles. The summed E-state index contributed by atoms with van der Waals surface area (Å²) in [6.07, 6.45) is -10.0. The van der Waals surface area contributed by atoms with Crippen LogP contribution in [0.4, 0.5) is 35.1 Å². The van der Waals surface area contributed by atoms with E-state index in [1.165, 1.54) is 12.1 Å². The van der Waals surface area contributed by atoms with Crippen molar-refractivity contribution in [2.75, 3.05) is 0 Å². The number of nitrogens with one attached hydrogen (secondary N) is 1. The average molecular weight is 624 g/mol. The molecule has 0 aliphatic carbocycles. The number of benzene rings is 4. The van der Waals surface area contributed by atoms with Crippen molar-refractivity contribution in [3.8, 4) is 11.5 Å². The van der Waals surface area contributed by atoms with Crippen molar-refractivity contribution < 1.29 is 49.4 Å². The molecule has 0 aliphatic rings. The Morgan fingerprint density at radius 2 is 1.48 bits per heavy atom. The van der Waals surface area contributed by atoms with Gasteiger partial charge in [0.15, 0.2) is 23.2 Å². The van der Waals surface area contributed by atoms with Gasteiger partial charge in [-0.05, 0) is 73.0 Å². The van der Waals surface area contributed by atoms with E-state index >= 15 is 4.39 Å². The summed E-state index contributed by atoms with van der Waals surface area (Å²) in [6, 6.07) is 16.0. The van der Waals surface area contributed by atoms with Gasteiger partial charge in [0.25, 0.3) is 5.91 Å². The molecule has 1 amide bonds. The van der Waals surface area contributed by atoms with E-state index in [4.69, 9.17) is 4.74 Å². The number of rotatable bonds is 11. The lowest BCUT2D eigenvalue weighted by Crippen LogP contribution is -2.49. The van der Waals surface area contributed by atoms with E-state index in [0.29, 0.717) is 23.8 Å². The van der Waals surface area contributed by atoms with E-state index in [0.717, 1.165) is 24.3 Å². The maximum Gasteiger partial charge on any atom is 0.461 e. The van der Waals surface area contributed by atoms with Crippen molar-refractivity contribution in [2.24, 2.45) is 0 Å². The Balaban J connectivity index is 2.01. The van der Waals surface area contributed by atoms with Crippen molar-refractivity contribution in [3.05, 3.63) is 130 Å². The van der Waals surface area contributed by atoms with E-state index in [-0.39, 0.29) is 28.9 Å². The van der Waals surface area contributed by atoms with Crippen LogP contribution in [0.2, 0.25) is 0 Å². The SMILES string of the molecule is CC(C)Oc1cc(C(Cc2ccccc2)(NC(=O)c2ccc(F)c(F)c2)c2cc(F)cc(OC(F)(F)C(F)F)c2)ccc1F. The van der Waals surface area contributed by atoms with Crippen LogP contribution < -0.4 is 14.8 Å². The molecule has 232 valence electrons. The van der Waals surface area contributed by atoms with Crippen LogP contribution in [-0.4, -0.2) is 24.5 Å². The van der Waals surface area contributed by atoms with Gasteiger partial charge in [0.05, 0.1) is 11.6 Å². The summed E-state index contributed by atoms with van der Waals surface area (Å²) >= 11 is 0. The first kappa shape index (κ1) is 32.3. The highest BCUT2D eigenvalue weighted by atomic mass is 19.3. The second-order valence-corrected chi connectivity index (χ2v) is 10.1. The highest BCUT2D eigenvalue weighted by molar-refractivity contribution is 5.95. The van der Waals surface area contributed by atoms with Gasteiger partial charge in [-0.3, -0.25) is 4.79 Å². The Morgan fingerprint density at radius 1 is 0.795 bits per heavy atom. The van der Waals surface area contributed by atoms with Crippen LogP contribution in [0.3, 0.4) is 0 Å². The molecule has 0 bridgehead atoms. The molecule has 4 aromatic rings. The molecule has 0 spiro atoms. The van der Waals surface area contributed by atoms with Gasteiger partial charge < -0.3 is 14.8 Å². The minimum absolute atomic E-state index is 0.0338. The monoisotopic (exact) mass is 623 g/mol. The second kappa shape index (κ2) is 12.9. The minimum atomic E-state index is -5.00.